The predicted octanol–water partition coefficient (Wildman–Crippen LogP) is 5.52. The van der Waals surface area contributed by atoms with Crippen molar-refractivity contribution in [1.29, 1.82) is 0 Å². The minimum absolute atomic E-state index is 0.0138. The van der Waals surface area contributed by atoms with Crippen molar-refractivity contribution in [3.63, 3.8) is 0 Å². The molecule has 0 fully saturated rings. The first-order valence-corrected chi connectivity index (χ1v) is 12.7. The Morgan fingerprint density at radius 2 is 1.83 bits per heavy atom. The molecule has 2 aliphatic rings. The Labute approximate surface area is 213 Å². The first kappa shape index (κ1) is 23.8. The van der Waals surface area contributed by atoms with Crippen LogP contribution in [0.15, 0.2) is 77.3 Å². The molecule has 0 spiro atoms. The summed E-state index contributed by atoms with van der Waals surface area (Å²) in [6, 6.07) is 18.4. The van der Waals surface area contributed by atoms with Crippen LogP contribution in [-0.4, -0.2) is 29.9 Å². The molecule has 1 amide bonds. The summed E-state index contributed by atoms with van der Waals surface area (Å²) in [5.74, 6) is -0.639. The number of nitrogens with one attached hydrogen (secondary N) is 1. The number of allylic oxidation sites excluding steroid dienone is 1. The number of carboxylic acid groups (broad SMARTS) is 1. The number of nitrogens with zero attached hydrogens (tertiary/aromatic N) is 1. The summed E-state index contributed by atoms with van der Waals surface area (Å²) in [7, 11) is 1.62. The smallest absolute Gasteiger partial charge is 0.303 e. The molecule has 7 nitrogen and oxygen atoms in total. The van der Waals surface area contributed by atoms with Gasteiger partial charge in [0.2, 0.25) is 5.91 Å². The van der Waals surface area contributed by atoms with Gasteiger partial charge in [-0.2, -0.15) is 0 Å². The normalized spacial score (nSPS) is 19.1. The number of thiophene rings is 1. The second-order valence-electron chi connectivity index (χ2n) is 8.91. The van der Waals surface area contributed by atoms with Crippen molar-refractivity contribution in [3.8, 4) is 5.75 Å². The van der Waals surface area contributed by atoms with Crippen molar-refractivity contribution in [2.24, 2.45) is 0 Å². The fourth-order valence-corrected chi connectivity index (χ4v) is 5.85. The van der Waals surface area contributed by atoms with Crippen LogP contribution in [0.4, 0.5) is 11.4 Å². The van der Waals surface area contributed by atoms with E-state index in [-0.39, 0.29) is 30.4 Å². The predicted molar refractivity (Wildman–Crippen MR) is 138 cm³/mol. The van der Waals surface area contributed by atoms with E-state index < -0.39 is 12.0 Å². The molecule has 2 N–H and O–H groups in total. The van der Waals surface area contributed by atoms with E-state index in [9.17, 15) is 19.5 Å². The van der Waals surface area contributed by atoms with E-state index in [1.807, 2.05) is 66.0 Å². The molecule has 8 heteroatoms. The third-order valence-corrected chi connectivity index (χ3v) is 7.63. The van der Waals surface area contributed by atoms with Crippen molar-refractivity contribution < 1.29 is 24.2 Å². The summed E-state index contributed by atoms with van der Waals surface area (Å²) < 4.78 is 5.28. The third kappa shape index (κ3) is 4.52. The zero-order valence-corrected chi connectivity index (χ0v) is 20.6. The van der Waals surface area contributed by atoms with Crippen LogP contribution in [0.25, 0.3) is 0 Å². The highest BCUT2D eigenvalue weighted by molar-refractivity contribution is 7.10. The van der Waals surface area contributed by atoms with Gasteiger partial charge < -0.3 is 15.2 Å². The number of hydrogen-bond donors (Lipinski definition) is 2. The largest absolute Gasteiger partial charge is 0.497 e. The number of methoxy groups -OCH3 is 1. The second kappa shape index (κ2) is 9.99. The Balaban J connectivity index is 1.62. The van der Waals surface area contributed by atoms with Crippen LogP contribution in [0.5, 0.6) is 5.75 Å². The fourth-order valence-electron chi connectivity index (χ4n) is 5.03. The van der Waals surface area contributed by atoms with E-state index >= 15 is 0 Å². The molecule has 1 aliphatic heterocycles. The number of ketones is 1. The lowest BCUT2D eigenvalue weighted by molar-refractivity contribution is -0.138. The number of fused-ring (bicyclic) bond motifs is 1. The molecule has 2 atom stereocenters. The van der Waals surface area contributed by atoms with Crippen molar-refractivity contribution in [3.05, 3.63) is 87.8 Å². The molecule has 1 aromatic heterocycles. The van der Waals surface area contributed by atoms with Gasteiger partial charge in [0.25, 0.3) is 0 Å². The molecule has 0 bridgehead atoms. The fraction of sp³-hybridized carbons (Fsp3) is 0.250. The van der Waals surface area contributed by atoms with Crippen LogP contribution in [0, 0.1) is 0 Å². The van der Waals surface area contributed by atoms with Gasteiger partial charge in [-0.3, -0.25) is 19.3 Å². The monoisotopic (exact) mass is 502 g/mol. The molecule has 36 heavy (non-hydrogen) atoms. The standard InChI is InChI=1S/C28H26N2O5S/c1-35-19-10-8-17(9-11-19)18-15-21-27(23(31)16-18)28(24-7-4-14-36-24)30(25(32)12-13-26(33)34)22-6-3-2-5-20(22)29-21/h2-11,14,18,28-29H,12-13,15-16H2,1H3,(H,33,34)/t18-,28-/m0/s1. The van der Waals surface area contributed by atoms with Gasteiger partial charge >= 0.3 is 5.97 Å². The Morgan fingerprint density at radius 1 is 1.06 bits per heavy atom. The van der Waals surface area contributed by atoms with Gasteiger partial charge in [-0.25, -0.2) is 0 Å². The molecular formula is C28H26N2O5S. The van der Waals surface area contributed by atoms with Crippen LogP contribution in [0.3, 0.4) is 0 Å². The molecule has 0 saturated carbocycles. The maximum Gasteiger partial charge on any atom is 0.303 e. The highest BCUT2D eigenvalue weighted by Gasteiger charge is 2.41. The maximum atomic E-state index is 13.8. The summed E-state index contributed by atoms with van der Waals surface area (Å²) in [6.07, 6.45) is 0.501. The third-order valence-electron chi connectivity index (χ3n) is 6.71. The number of carbonyl (C=O) groups excluding carboxylic acids is 2. The topological polar surface area (TPSA) is 95.9 Å². The number of rotatable bonds is 6. The van der Waals surface area contributed by atoms with E-state index in [2.05, 4.69) is 5.32 Å². The molecule has 2 aromatic carbocycles. The number of benzene rings is 2. The Kier molecular flexibility index (Phi) is 6.61. The Morgan fingerprint density at radius 3 is 2.53 bits per heavy atom. The molecule has 0 radical (unpaired) electrons. The van der Waals surface area contributed by atoms with Crippen LogP contribution in [0.2, 0.25) is 0 Å². The molecule has 0 saturated heterocycles. The zero-order valence-electron chi connectivity index (χ0n) is 19.8. The number of aliphatic carboxylic acids is 1. The Bertz CT molecular complexity index is 1330. The first-order valence-electron chi connectivity index (χ1n) is 11.8. The molecule has 1 aliphatic carbocycles. The van der Waals surface area contributed by atoms with Gasteiger partial charge in [0.15, 0.2) is 5.78 Å². The lowest BCUT2D eigenvalue weighted by Gasteiger charge is -2.34. The highest BCUT2D eigenvalue weighted by atomic mass is 32.1. The van der Waals surface area contributed by atoms with E-state index in [0.717, 1.165) is 27.6 Å². The summed E-state index contributed by atoms with van der Waals surface area (Å²) in [5.41, 5.74) is 3.77. The lowest BCUT2D eigenvalue weighted by Crippen LogP contribution is -2.38. The average Bonchev–Trinajstić information content (AvgIpc) is 3.36. The molecule has 2 heterocycles. The minimum atomic E-state index is -1.03. The lowest BCUT2D eigenvalue weighted by atomic mass is 9.79. The SMILES string of the molecule is COc1ccc([C@@H]2CC(=O)C3=C(C2)Nc2ccccc2N(C(=O)CCC(=O)O)[C@H]3c2cccs2)cc1. The number of ether oxygens (including phenoxy) is 1. The van der Waals surface area contributed by atoms with E-state index in [1.54, 1.807) is 12.0 Å². The number of Topliss-reactive ketones (excluding diaryl/α,β-unsaturated/α-hetero) is 1. The van der Waals surface area contributed by atoms with E-state index in [4.69, 9.17) is 4.74 Å². The van der Waals surface area contributed by atoms with Crippen LogP contribution >= 0.6 is 11.3 Å². The maximum absolute atomic E-state index is 13.8. The van der Waals surface area contributed by atoms with Crippen LogP contribution < -0.4 is 15.0 Å². The number of anilines is 2. The van der Waals surface area contributed by atoms with Crippen LogP contribution in [0.1, 0.15) is 48.1 Å². The van der Waals surface area contributed by atoms with E-state index in [0.29, 0.717) is 24.1 Å². The van der Waals surface area contributed by atoms with Gasteiger partial charge in [-0.15, -0.1) is 11.3 Å². The summed E-state index contributed by atoms with van der Waals surface area (Å²) in [4.78, 5) is 41.1. The highest BCUT2D eigenvalue weighted by Crippen LogP contribution is 2.48. The van der Waals surface area contributed by atoms with E-state index in [1.165, 1.54) is 11.3 Å². The summed E-state index contributed by atoms with van der Waals surface area (Å²) >= 11 is 1.48. The van der Waals surface area contributed by atoms with Crippen molar-refractivity contribution in [2.75, 3.05) is 17.3 Å². The number of carbonyl (C=O) groups is 3. The minimum Gasteiger partial charge on any atom is -0.497 e. The second-order valence-corrected chi connectivity index (χ2v) is 9.89. The zero-order chi connectivity index (χ0) is 25.2. The molecule has 184 valence electrons. The number of hydrogen-bond acceptors (Lipinski definition) is 6. The van der Waals surface area contributed by atoms with Crippen molar-refractivity contribution in [1.82, 2.24) is 0 Å². The van der Waals surface area contributed by atoms with Crippen LogP contribution in [-0.2, 0) is 14.4 Å². The quantitative estimate of drug-likeness (QED) is 0.461. The molecule has 3 aromatic rings. The number of carboxylic acids is 1. The molecular weight excluding hydrogens is 476 g/mol. The number of para-hydroxylation sites is 2. The van der Waals surface area contributed by atoms with Gasteiger partial charge in [-0.1, -0.05) is 30.3 Å². The van der Waals surface area contributed by atoms with Gasteiger partial charge in [0.05, 0.1) is 24.9 Å². The average molecular weight is 503 g/mol. The van der Waals surface area contributed by atoms with Crippen molar-refractivity contribution in [2.45, 2.75) is 37.6 Å². The van der Waals surface area contributed by atoms with Gasteiger partial charge in [0.1, 0.15) is 11.8 Å². The molecule has 5 rings (SSSR count). The van der Waals surface area contributed by atoms with Gasteiger partial charge in [-0.05, 0) is 53.6 Å². The number of amides is 1. The van der Waals surface area contributed by atoms with Crippen molar-refractivity contribution >= 4 is 40.4 Å². The first-order chi connectivity index (χ1) is 17.5. The summed E-state index contributed by atoms with van der Waals surface area (Å²) in [6.45, 7) is 0. The molecule has 0 unspecified atom stereocenters. The Hall–Kier alpha value is -3.91. The van der Waals surface area contributed by atoms with Gasteiger partial charge in [0, 0.05) is 29.0 Å². The summed E-state index contributed by atoms with van der Waals surface area (Å²) in [5, 5.41) is 14.6.